The summed E-state index contributed by atoms with van der Waals surface area (Å²) in [5.74, 6) is -2.45. The summed E-state index contributed by atoms with van der Waals surface area (Å²) in [5.41, 5.74) is 0. The standard InChI is InChI=1S/C8H11NO4/c10-7(8(11)12)9-5-6-3-1-2-4-13-6/h2,4,6H,1,3,5H2,(H,9,10)(H,11,12). The molecule has 0 aromatic rings. The van der Waals surface area contributed by atoms with Crippen LogP contribution in [-0.4, -0.2) is 29.6 Å². The molecular weight excluding hydrogens is 174 g/mol. The Labute approximate surface area is 75.4 Å². The Bertz CT molecular complexity index is 236. The van der Waals surface area contributed by atoms with E-state index in [1.165, 1.54) is 0 Å². The van der Waals surface area contributed by atoms with E-state index in [0.717, 1.165) is 12.8 Å². The van der Waals surface area contributed by atoms with Crippen molar-refractivity contribution < 1.29 is 19.4 Å². The maximum Gasteiger partial charge on any atom is 0.394 e. The van der Waals surface area contributed by atoms with Gasteiger partial charge in [-0.3, -0.25) is 4.79 Å². The molecule has 1 atom stereocenters. The number of hydrogen-bond donors (Lipinski definition) is 2. The molecule has 5 nitrogen and oxygen atoms in total. The third-order valence-electron chi connectivity index (χ3n) is 1.71. The number of carboxylic acid groups (broad SMARTS) is 1. The summed E-state index contributed by atoms with van der Waals surface area (Å²) in [5, 5.41) is 10.5. The van der Waals surface area contributed by atoms with Gasteiger partial charge in [0.2, 0.25) is 0 Å². The van der Waals surface area contributed by atoms with E-state index in [2.05, 4.69) is 5.32 Å². The Kier molecular flexibility index (Phi) is 3.31. The summed E-state index contributed by atoms with van der Waals surface area (Å²) in [4.78, 5) is 20.7. The topological polar surface area (TPSA) is 75.6 Å². The van der Waals surface area contributed by atoms with Crippen LogP contribution in [0.3, 0.4) is 0 Å². The molecule has 0 aromatic heterocycles. The van der Waals surface area contributed by atoms with E-state index in [4.69, 9.17) is 9.84 Å². The number of aliphatic carboxylic acids is 1. The highest BCUT2D eigenvalue weighted by molar-refractivity contribution is 6.31. The van der Waals surface area contributed by atoms with Crippen molar-refractivity contribution >= 4 is 11.9 Å². The zero-order chi connectivity index (χ0) is 9.68. The van der Waals surface area contributed by atoms with Gasteiger partial charge in [-0.1, -0.05) is 0 Å². The molecule has 5 heteroatoms. The molecule has 0 spiro atoms. The van der Waals surface area contributed by atoms with Gasteiger partial charge in [-0.15, -0.1) is 0 Å². The van der Waals surface area contributed by atoms with Crippen molar-refractivity contribution in [1.29, 1.82) is 0 Å². The zero-order valence-electron chi connectivity index (χ0n) is 7.03. The summed E-state index contributed by atoms with van der Waals surface area (Å²) in [6, 6.07) is 0. The number of hydrogen-bond acceptors (Lipinski definition) is 3. The first-order chi connectivity index (χ1) is 6.20. The largest absolute Gasteiger partial charge is 0.497 e. The van der Waals surface area contributed by atoms with Gasteiger partial charge in [0, 0.05) is 0 Å². The molecule has 1 unspecified atom stereocenters. The molecule has 1 aliphatic rings. The van der Waals surface area contributed by atoms with Gasteiger partial charge < -0.3 is 15.2 Å². The summed E-state index contributed by atoms with van der Waals surface area (Å²) in [6.07, 6.45) is 5.05. The fourth-order valence-electron chi connectivity index (χ4n) is 1.02. The van der Waals surface area contributed by atoms with Gasteiger partial charge in [0.15, 0.2) is 0 Å². The minimum atomic E-state index is -1.47. The van der Waals surface area contributed by atoms with Gasteiger partial charge in [-0.2, -0.15) is 0 Å². The van der Waals surface area contributed by atoms with E-state index in [0.29, 0.717) is 0 Å². The van der Waals surface area contributed by atoms with Crippen LogP contribution in [0, 0.1) is 0 Å². The van der Waals surface area contributed by atoms with Crippen molar-refractivity contribution in [3.63, 3.8) is 0 Å². The summed E-state index contributed by atoms with van der Waals surface area (Å²) in [7, 11) is 0. The number of carbonyl (C=O) groups excluding carboxylic acids is 1. The molecule has 0 bridgehead atoms. The normalized spacial score (nSPS) is 20.5. The Morgan fingerprint density at radius 3 is 2.92 bits per heavy atom. The molecule has 0 fully saturated rings. The minimum absolute atomic E-state index is 0.103. The van der Waals surface area contributed by atoms with E-state index < -0.39 is 11.9 Å². The van der Waals surface area contributed by atoms with Crippen molar-refractivity contribution in [3.8, 4) is 0 Å². The second kappa shape index (κ2) is 4.49. The second-order valence-electron chi connectivity index (χ2n) is 2.72. The van der Waals surface area contributed by atoms with Gasteiger partial charge in [0.05, 0.1) is 12.8 Å². The van der Waals surface area contributed by atoms with Crippen LogP contribution in [0.2, 0.25) is 0 Å². The van der Waals surface area contributed by atoms with E-state index in [1.54, 1.807) is 6.26 Å². The van der Waals surface area contributed by atoms with Gasteiger partial charge in [0.25, 0.3) is 0 Å². The van der Waals surface area contributed by atoms with Crippen molar-refractivity contribution in [2.75, 3.05) is 6.54 Å². The van der Waals surface area contributed by atoms with Gasteiger partial charge >= 0.3 is 11.9 Å². The van der Waals surface area contributed by atoms with E-state index in [1.807, 2.05) is 6.08 Å². The van der Waals surface area contributed by atoms with Crippen molar-refractivity contribution in [1.82, 2.24) is 5.32 Å². The van der Waals surface area contributed by atoms with Crippen molar-refractivity contribution in [2.24, 2.45) is 0 Å². The maximum absolute atomic E-state index is 10.6. The molecular formula is C8H11NO4. The molecule has 0 radical (unpaired) electrons. The predicted octanol–water partition coefficient (Wildman–Crippen LogP) is -0.120. The fourth-order valence-corrected chi connectivity index (χ4v) is 1.02. The van der Waals surface area contributed by atoms with Crippen LogP contribution >= 0.6 is 0 Å². The average Bonchev–Trinajstić information content (AvgIpc) is 2.15. The van der Waals surface area contributed by atoms with Crippen LogP contribution in [-0.2, 0) is 14.3 Å². The number of nitrogens with one attached hydrogen (secondary N) is 1. The van der Waals surface area contributed by atoms with Crippen molar-refractivity contribution in [2.45, 2.75) is 18.9 Å². The molecule has 0 saturated heterocycles. The van der Waals surface area contributed by atoms with Crippen LogP contribution in [0.5, 0.6) is 0 Å². The molecule has 72 valence electrons. The fraction of sp³-hybridized carbons (Fsp3) is 0.500. The molecule has 1 amide bonds. The maximum atomic E-state index is 10.6. The molecule has 2 N–H and O–H groups in total. The Hall–Kier alpha value is -1.52. The first kappa shape index (κ1) is 9.57. The van der Waals surface area contributed by atoms with Crippen LogP contribution in [0.4, 0.5) is 0 Å². The molecule has 13 heavy (non-hydrogen) atoms. The lowest BCUT2D eigenvalue weighted by molar-refractivity contribution is -0.150. The molecule has 1 heterocycles. The number of rotatable bonds is 2. The number of carboxylic acids is 1. The summed E-state index contributed by atoms with van der Waals surface area (Å²) in [6.45, 7) is 0.246. The number of amides is 1. The Balaban J connectivity index is 2.22. The SMILES string of the molecule is O=C(O)C(=O)NCC1CCC=CO1. The van der Waals surface area contributed by atoms with Crippen LogP contribution < -0.4 is 5.32 Å². The first-order valence-corrected chi connectivity index (χ1v) is 4.01. The first-order valence-electron chi connectivity index (χ1n) is 4.01. The molecule has 0 saturated carbocycles. The van der Waals surface area contributed by atoms with Crippen LogP contribution in [0.15, 0.2) is 12.3 Å². The van der Waals surface area contributed by atoms with Gasteiger partial charge in [-0.05, 0) is 18.9 Å². The molecule has 1 rings (SSSR count). The summed E-state index contributed by atoms with van der Waals surface area (Å²) >= 11 is 0. The number of allylic oxidation sites excluding steroid dienone is 1. The van der Waals surface area contributed by atoms with E-state index in [9.17, 15) is 9.59 Å². The Morgan fingerprint density at radius 1 is 1.62 bits per heavy atom. The second-order valence-corrected chi connectivity index (χ2v) is 2.72. The van der Waals surface area contributed by atoms with Crippen molar-refractivity contribution in [3.05, 3.63) is 12.3 Å². The zero-order valence-corrected chi connectivity index (χ0v) is 7.03. The third-order valence-corrected chi connectivity index (χ3v) is 1.71. The Morgan fingerprint density at radius 2 is 2.38 bits per heavy atom. The highest BCUT2D eigenvalue weighted by Crippen LogP contribution is 2.08. The highest BCUT2D eigenvalue weighted by Gasteiger charge is 2.15. The molecule has 0 aromatic carbocycles. The van der Waals surface area contributed by atoms with Gasteiger partial charge in [-0.25, -0.2) is 4.79 Å². The lowest BCUT2D eigenvalue weighted by atomic mass is 10.1. The average molecular weight is 185 g/mol. The monoisotopic (exact) mass is 185 g/mol. The summed E-state index contributed by atoms with van der Waals surface area (Å²) < 4.78 is 5.12. The van der Waals surface area contributed by atoms with E-state index in [-0.39, 0.29) is 12.6 Å². The lowest BCUT2D eigenvalue weighted by Gasteiger charge is -2.18. The molecule has 0 aliphatic carbocycles. The van der Waals surface area contributed by atoms with E-state index >= 15 is 0 Å². The lowest BCUT2D eigenvalue weighted by Crippen LogP contribution is -2.37. The number of carbonyl (C=O) groups is 2. The predicted molar refractivity (Wildman–Crippen MR) is 43.9 cm³/mol. The third kappa shape index (κ3) is 3.14. The number of ether oxygens (including phenoxy) is 1. The molecule has 1 aliphatic heterocycles. The van der Waals surface area contributed by atoms with Gasteiger partial charge in [0.1, 0.15) is 6.10 Å². The highest BCUT2D eigenvalue weighted by atomic mass is 16.5. The smallest absolute Gasteiger partial charge is 0.394 e. The minimum Gasteiger partial charge on any atom is -0.497 e. The quantitative estimate of drug-likeness (QED) is 0.588. The van der Waals surface area contributed by atoms with Crippen LogP contribution in [0.1, 0.15) is 12.8 Å². The van der Waals surface area contributed by atoms with Crippen LogP contribution in [0.25, 0.3) is 0 Å².